The quantitative estimate of drug-likeness (QED) is 0.0840. The molecule has 2 saturated heterocycles. The molecule has 2 aliphatic heterocycles. The lowest BCUT2D eigenvalue weighted by Gasteiger charge is -2.28. The molecule has 23 heteroatoms. The number of hydrogen-bond donors (Lipinski definition) is 2. The number of aromatic nitrogens is 3. The predicted octanol–water partition coefficient (Wildman–Crippen LogP) is 8.55. The summed E-state index contributed by atoms with van der Waals surface area (Å²) < 4.78 is 17.0. The minimum Gasteiger partial charge on any atom is -0.496 e. The zero-order valence-corrected chi connectivity index (χ0v) is 47.8. The van der Waals surface area contributed by atoms with Crippen molar-refractivity contribution in [2.45, 2.75) is 83.7 Å². The van der Waals surface area contributed by atoms with Crippen molar-refractivity contribution in [1.82, 2.24) is 38.8 Å². The summed E-state index contributed by atoms with van der Waals surface area (Å²) in [6.07, 6.45) is 12.6. The molecule has 8 rings (SSSR count). The number of hydrogen-bond acceptors (Lipinski definition) is 17. The number of rotatable bonds is 17. The highest BCUT2D eigenvalue weighted by molar-refractivity contribution is 8.01. The Bertz CT molecular complexity index is 3020. The van der Waals surface area contributed by atoms with Gasteiger partial charge in [-0.05, 0) is 120 Å². The van der Waals surface area contributed by atoms with E-state index in [1.54, 1.807) is 38.4 Å². The van der Waals surface area contributed by atoms with Gasteiger partial charge in [0.05, 0.1) is 57.4 Å². The number of anilines is 2. The molecule has 402 valence electrons. The van der Waals surface area contributed by atoms with Crippen molar-refractivity contribution in [2.75, 3.05) is 84.8 Å². The number of methoxy groups -OCH3 is 2. The standard InChI is InChI=1S/C53H62N10O8S5/c1-31-22-40(70-7)37(24-42(31)73-46-27-54-52(75-46)57-48(67)36-26-55-72-30-36)49(68)61-19-11-21-63(34(4)29-61)45(65)16-15-39-51(76-53(56-39)58-47(66)35-13-14-35)74-43-25-38(41(71-8)23-32(43)2)50(69)60-18-10-20-62(33(3)28-60)44(64)12-9-17-59(5)6/h9,12,15-16,22-27,30,33-35H,10-11,13-14,17-21,28-29H2,1-8H3,(H,54,57,67)(H,56,58,66)/b12-9+,16-15+/t33-,34-/m1/s1. The second kappa shape index (κ2) is 25.4. The van der Waals surface area contributed by atoms with Crippen LogP contribution in [0, 0.1) is 19.8 Å². The normalized spacial score (nSPS) is 17.3. The van der Waals surface area contributed by atoms with Gasteiger partial charge in [-0.3, -0.25) is 34.1 Å². The molecule has 0 spiro atoms. The van der Waals surface area contributed by atoms with E-state index in [1.165, 1.54) is 84.2 Å². The fourth-order valence-corrected chi connectivity index (χ4v) is 13.4. The van der Waals surface area contributed by atoms with Crippen molar-refractivity contribution in [3.05, 3.63) is 93.8 Å². The summed E-state index contributed by atoms with van der Waals surface area (Å²) in [6, 6.07) is 6.78. The Morgan fingerprint density at radius 3 is 1.91 bits per heavy atom. The molecule has 3 fully saturated rings. The topological polar surface area (TPSA) is 200 Å². The number of ether oxygens (including phenoxy) is 2. The highest BCUT2D eigenvalue weighted by Crippen LogP contribution is 2.43. The predicted molar refractivity (Wildman–Crippen MR) is 299 cm³/mol. The van der Waals surface area contributed by atoms with Crippen molar-refractivity contribution in [1.29, 1.82) is 0 Å². The van der Waals surface area contributed by atoms with E-state index < -0.39 is 0 Å². The third-order valence-electron chi connectivity index (χ3n) is 13.0. The van der Waals surface area contributed by atoms with Gasteiger partial charge in [-0.25, -0.2) is 14.3 Å². The van der Waals surface area contributed by atoms with E-state index in [0.29, 0.717) is 100 Å². The fourth-order valence-electron chi connectivity index (χ4n) is 8.77. The second-order valence-electron chi connectivity index (χ2n) is 19.1. The van der Waals surface area contributed by atoms with E-state index in [-0.39, 0.29) is 60.0 Å². The maximum atomic E-state index is 14.4. The summed E-state index contributed by atoms with van der Waals surface area (Å²) in [7, 11) is 6.96. The van der Waals surface area contributed by atoms with Crippen molar-refractivity contribution < 1.29 is 38.2 Å². The zero-order valence-electron chi connectivity index (χ0n) is 43.7. The van der Waals surface area contributed by atoms with Gasteiger partial charge >= 0.3 is 0 Å². The smallest absolute Gasteiger partial charge is 0.259 e. The number of likely N-dealkylation sites (N-methyl/N-ethyl adjacent to an activating group) is 1. The molecule has 0 unspecified atom stereocenters. The maximum Gasteiger partial charge on any atom is 0.259 e. The molecule has 1 aliphatic carbocycles. The van der Waals surface area contributed by atoms with E-state index in [2.05, 4.69) is 20.0 Å². The molecule has 6 amide bonds. The Balaban J connectivity index is 0.963. The van der Waals surface area contributed by atoms with Gasteiger partial charge in [0.15, 0.2) is 10.3 Å². The first-order valence-corrected chi connectivity index (χ1v) is 29.0. The Hall–Kier alpha value is -6.11. The summed E-state index contributed by atoms with van der Waals surface area (Å²) in [5.41, 5.74) is 3.48. The van der Waals surface area contributed by atoms with Gasteiger partial charge in [0.25, 0.3) is 17.7 Å². The van der Waals surface area contributed by atoms with Crippen LogP contribution in [-0.4, -0.2) is 160 Å². The molecular weight excluding hydrogens is 1060 g/mol. The maximum absolute atomic E-state index is 14.4. The SMILES string of the molecule is COc1cc(C)c(Sc2cnc(NC(=O)c3cnsc3)s2)cc1C(=O)N1CCCN(C(=O)/C=C/c2nc(NC(=O)C3CC3)sc2Sc2cc(C(=O)N3CCCN(C(=O)/C=C/CN(C)C)[C@H](C)C3)c(OC)cc2C)[C@H](C)C1. The number of benzene rings is 2. The first kappa shape index (κ1) is 56.1. The number of amides is 6. The Morgan fingerprint density at radius 2 is 1.36 bits per heavy atom. The monoisotopic (exact) mass is 1130 g/mol. The van der Waals surface area contributed by atoms with Gasteiger partial charge in [0.1, 0.15) is 11.5 Å². The molecule has 5 heterocycles. The number of carbonyl (C=O) groups excluding carboxylic acids is 6. The molecular formula is C53H62N10O8S5. The Kier molecular flexibility index (Phi) is 18.7. The van der Waals surface area contributed by atoms with Gasteiger partial charge in [-0.2, -0.15) is 0 Å². The van der Waals surface area contributed by atoms with Crippen molar-refractivity contribution in [2.24, 2.45) is 5.92 Å². The lowest BCUT2D eigenvalue weighted by molar-refractivity contribution is -0.128. The lowest BCUT2D eigenvalue weighted by Crippen LogP contribution is -2.43. The molecule has 2 N–H and O–H groups in total. The van der Waals surface area contributed by atoms with Crippen LogP contribution in [-0.2, 0) is 14.4 Å². The molecule has 5 aromatic rings. The molecule has 1 saturated carbocycles. The molecule has 18 nitrogen and oxygen atoms in total. The van der Waals surface area contributed by atoms with Crippen LogP contribution in [0.15, 0.2) is 78.5 Å². The molecule has 76 heavy (non-hydrogen) atoms. The molecule has 2 atom stereocenters. The minimum atomic E-state index is -0.346. The third kappa shape index (κ3) is 13.9. The van der Waals surface area contributed by atoms with Crippen molar-refractivity contribution in [3.8, 4) is 11.5 Å². The number of nitrogens with one attached hydrogen (secondary N) is 2. The first-order chi connectivity index (χ1) is 36.5. The van der Waals surface area contributed by atoms with Gasteiger partial charge in [-0.1, -0.05) is 52.3 Å². The summed E-state index contributed by atoms with van der Waals surface area (Å²) >= 11 is 6.65. The highest BCUT2D eigenvalue weighted by Gasteiger charge is 2.33. The third-order valence-corrected chi connectivity index (χ3v) is 18.1. The largest absolute Gasteiger partial charge is 0.496 e. The Labute approximate surface area is 463 Å². The molecule has 0 bridgehead atoms. The second-order valence-corrected chi connectivity index (χ2v) is 24.5. The van der Waals surface area contributed by atoms with Crippen molar-refractivity contribution in [3.63, 3.8) is 0 Å². The van der Waals surface area contributed by atoms with Crippen LogP contribution in [0.1, 0.15) is 87.4 Å². The van der Waals surface area contributed by atoms with Crippen LogP contribution in [0.3, 0.4) is 0 Å². The van der Waals surface area contributed by atoms with Gasteiger partial charge in [-0.15, -0.1) is 0 Å². The van der Waals surface area contributed by atoms with Crippen LogP contribution in [0.4, 0.5) is 10.3 Å². The average Bonchev–Trinajstić information content (AvgIpc) is 3.88. The minimum absolute atomic E-state index is 0.0530. The number of aryl methyl sites for hydroxylation is 2. The van der Waals surface area contributed by atoms with E-state index in [4.69, 9.17) is 14.5 Å². The number of thiazole rings is 2. The molecule has 3 aliphatic rings. The average molecular weight is 1130 g/mol. The van der Waals surface area contributed by atoms with Gasteiger partial charge in [0.2, 0.25) is 17.7 Å². The first-order valence-electron chi connectivity index (χ1n) is 24.9. The van der Waals surface area contributed by atoms with Crippen LogP contribution >= 0.6 is 57.7 Å². The van der Waals surface area contributed by atoms with E-state index >= 15 is 0 Å². The highest BCUT2D eigenvalue weighted by atomic mass is 32.2. The van der Waals surface area contributed by atoms with Crippen LogP contribution in [0.25, 0.3) is 6.08 Å². The van der Waals surface area contributed by atoms with Crippen molar-refractivity contribution >= 4 is 110 Å². The summed E-state index contributed by atoms with van der Waals surface area (Å²) in [5, 5.41) is 8.30. The zero-order chi connectivity index (χ0) is 54.2. The van der Waals surface area contributed by atoms with Gasteiger partial charge < -0.3 is 39.3 Å². The summed E-state index contributed by atoms with van der Waals surface area (Å²) in [6.45, 7) is 10.9. The number of carbonyl (C=O) groups is 6. The Morgan fingerprint density at radius 1 is 0.763 bits per heavy atom. The molecule has 3 aromatic heterocycles. The lowest BCUT2D eigenvalue weighted by atomic mass is 10.1. The summed E-state index contributed by atoms with van der Waals surface area (Å²) in [5.74, 6) is -0.318. The van der Waals surface area contributed by atoms with E-state index in [1.807, 2.05) is 81.9 Å². The van der Waals surface area contributed by atoms with Crippen LogP contribution in [0.2, 0.25) is 0 Å². The van der Waals surface area contributed by atoms with E-state index in [0.717, 1.165) is 38.0 Å². The van der Waals surface area contributed by atoms with Crippen LogP contribution in [0.5, 0.6) is 11.5 Å². The van der Waals surface area contributed by atoms with Gasteiger partial charge in [0, 0.05) is 91.1 Å². The fraction of sp³-hybridized carbons (Fsp3) is 0.415. The molecule has 0 radical (unpaired) electrons. The number of nitrogens with zero attached hydrogens (tertiary/aromatic N) is 8. The van der Waals surface area contributed by atoms with E-state index in [9.17, 15) is 28.8 Å². The van der Waals surface area contributed by atoms with Crippen LogP contribution < -0.4 is 20.1 Å². The summed E-state index contributed by atoms with van der Waals surface area (Å²) in [4.78, 5) is 102. The molecule has 2 aromatic carbocycles.